The molecule has 122 valence electrons. The minimum absolute atomic E-state index is 0.0897. The maximum absolute atomic E-state index is 13.2. The fourth-order valence-electron chi connectivity index (χ4n) is 5.02. The lowest BCUT2D eigenvalue weighted by molar-refractivity contribution is 0.0699. The molecule has 2 fully saturated rings. The topological polar surface area (TPSA) is 50.5 Å². The molecular weight excluding hydrogens is 288 g/mol. The summed E-state index contributed by atoms with van der Waals surface area (Å²) in [5, 5.41) is 4.44. The first-order chi connectivity index (χ1) is 10.8. The van der Waals surface area contributed by atoms with Gasteiger partial charge in [-0.2, -0.15) is 5.10 Å². The molecule has 23 heavy (non-hydrogen) atoms. The van der Waals surface area contributed by atoms with Gasteiger partial charge in [0.25, 0.3) is 5.91 Å². The zero-order valence-electron chi connectivity index (χ0n) is 14.3. The van der Waals surface area contributed by atoms with Gasteiger partial charge < -0.3 is 4.90 Å². The lowest BCUT2D eigenvalue weighted by atomic mass is 9.65. The summed E-state index contributed by atoms with van der Waals surface area (Å²) in [5.74, 6) is 0.0897. The molecule has 3 heterocycles. The Morgan fingerprint density at radius 3 is 2.87 bits per heavy atom. The van der Waals surface area contributed by atoms with Crippen molar-refractivity contribution in [2.75, 3.05) is 6.54 Å². The van der Waals surface area contributed by atoms with Crippen LogP contribution in [0.25, 0.3) is 5.65 Å². The Bertz CT molecular complexity index is 793. The van der Waals surface area contributed by atoms with Crippen LogP contribution < -0.4 is 0 Å². The first kappa shape index (κ1) is 14.7. The SMILES string of the molecule is Cc1cc2nccc(C(=O)N3CC4(C)CC3CC(C)(C)C4)n2n1. The van der Waals surface area contributed by atoms with Gasteiger partial charge in [0.2, 0.25) is 0 Å². The largest absolute Gasteiger partial charge is 0.334 e. The summed E-state index contributed by atoms with van der Waals surface area (Å²) in [6.45, 7) is 9.76. The minimum Gasteiger partial charge on any atom is -0.334 e. The smallest absolute Gasteiger partial charge is 0.272 e. The van der Waals surface area contributed by atoms with Gasteiger partial charge in [0.05, 0.1) is 5.69 Å². The van der Waals surface area contributed by atoms with Gasteiger partial charge in [0, 0.05) is 24.8 Å². The molecule has 5 heteroatoms. The molecule has 1 aliphatic carbocycles. The van der Waals surface area contributed by atoms with Gasteiger partial charge in [-0.05, 0) is 43.1 Å². The van der Waals surface area contributed by atoms with E-state index in [1.807, 2.05) is 13.0 Å². The Kier molecular flexibility index (Phi) is 2.91. The van der Waals surface area contributed by atoms with Crippen LogP contribution in [-0.2, 0) is 0 Å². The van der Waals surface area contributed by atoms with Gasteiger partial charge in [-0.15, -0.1) is 0 Å². The molecule has 2 aliphatic rings. The molecule has 1 aliphatic heterocycles. The van der Waals surface area contributed by atoms with Crippen LogP contribution in [0.2, 0.25) is 0 Å². The molecule has 1 saturated carbocycles. The van der Waals surface area contributed by atoms with Gasteiger partial charge >= 0.3 is 0 Å². The van der Waals surface area contributed by atoms with Crippen molar-refractivity contribution in [3.63, 3.8) is 0 Å². The summed E-state index contributed by atoms with van der Waals surface area (Å²) in [6.07, 6.45) is 5.10. The van der Waals surface area contributed by atoms with Crippen LogP contribution in [0.5, 0.6) is 0 Å². The Balaban J connectivity index is 1.72. The van der Waals surface area contributed by atoms with Crippen molar-refractivity contribution < 1.29 is 4.79 Å². The molecule has 0 spiro atoms. The summed E-state index contributed by atoms with van der Waals surface area (Å²) >= 11 is 0. The Morgan fingerprint density at radius 2 is 2.09 bits per heavy atom. The molecule has 2 aromatic rings. The zero-order chi connectivity index (χ0) is 16.4. The number of nitrogens with zero attached hydrogens (tertiary/aromatic N) is 4. The third-order valence-electron chi connectivity index (χ3n) is 5.37. The number of carbonyl (C=O) groups excluding carboxylic acids is 1. The van der Waals surface area contributed by atoms with Crippen LogP contribution in [0.3, 0.4) is 0 Å². The van der Waals surface area contributed by atoms with Crippen LogP contribution in [0.4, 0.5) is 0 Å². The normalized spacial score (nSPS) is 29.2. The first-order valence-corrected chi connectivity index (χ1v) is 8.39. The Morgan fingerprint density at radius 1 is 1.30 bits per heavy atom. The molecule has 1 saturated heterocycles. The molecule has 1 amide bonds. The van der Waals surface area contributed by atoms with E-state index in [2.05, 4.69) is 35.8 Å². The molecular formula is C18H24N4O. The third-order valence-corrected chi connectivity index (χ3v) is 5.37. The molecule has 2 atom stereocenters. The van der Waals surface area contributed by atoms with Crippen LogP contribution >= 0.6 is 0 Å². The van der Waals surface area contributed by atoms with Crippen molar-refractivity contribution in [2.45, 2.75) is 53.0 Å². The van der Waals surface area contributed by atoms with E-state index in [1.165, 1.54) is 6.42 Å². The van der Waals surface area contributed by atoms with E-state index < -0.39 is 0 Å². The van der Waals surface area contributed by atoms with E-state index in [9.17, 15) is 4.79 Å². The van der Waals surface area contributed by atoms with Crippen LogP contribution in [0.1, 0.15) is 56.2 Å². The Labute approximate surface area is 136 Å². The van der Waals surface area contributed by atoms with Gasteiger partial charge in [0.15, 0.2) is 5.65 Å². The Hall–Kier alpha value is -1.91. The summed E-state index contributed by atoms with van der Waals surface area (Å²) in [5.41, 5.74) is 2.79. The maximum atomic E-state index is 13.2. The van der Waals surface area contributed by atoms with Gasteiger partial charge in [-0.1, -0.05) is 20.8 Å². The average Bonchev–Trinajstić information content (AvgIpc) is 2.92. The van der Waals surface area contributed by atoms with E-state index in [0.29, 0.717) is 17.2 Å². The summed E-state index contributed by atoms with van der Waals surface area (Å²) in [4.78, 5) is 19.6. The van der Waals surface area contributed by atoms with Crippen LogP contribution in [0.15, 0.2) is 18.3 Å². The van der Waals surface area contributed by atoms with E-state index in [4.69, 9.17) is 0 Å². The van der Waals surface area contributed by atoms with Crippen molar-refractivity contribution in [1.82, 2.24) is 19.5 Å². The third kappa shape index (κ3) is 2.33. The number of amides is 1. The molecule has 2 bridgehead atoms. The predicted octanol–water partition coefficient (Wildman–Crippen LogP) is 3.08. The highest BCUT2D eigenvalue weighted by Gasteiger charge is 2.51. The highest BCUT2D eigenvalue weighted by Crippen LogP contribution is 2.52. The van der Waals surface area contributed by atoms with Crippen molar-refractivity contribution in [1.29, 1.82) is 0 Å². The molecule has 5 nitrogen and oxygen atoms in total. The van der Waals surface area contributed by atoms with Crippen molar-refractivity contribution in [2.24, 2.45) is 10.8 Å². The summed E-state index contributed by atoms with van der Waals surface area (Å²) in [7, 11) is 0. The molecule has 0 N–H and O–H groups in total. The highest BCUT2D eigenvalue weighted by atomic mass is 16.2. The first-order valence-electron chi connectivity index (χ1n) is 8.39. The highest BCUT2D eigenvalue weighted by molar-refractivity contribution is 5.93. The maximum Gasteiger partial charge on any atom is 0.272 e. The number of hydrogen-bond acceptors (Lipinski definition) is 3. The second-order valence-corrected chi connectivity index (χ2v) is 8.53. The second kappa shape index (κ2) is 4.56. The summed E-state index contributed by atoms with van der Waals surface area (Å²) < 4.78 is 1.69. The van der Waals surface area contributed by atoms with Gasteiger partial charge in [0.1, 0.15) is 5.69 Å². The van der Waals surface area contributed by atoms with Crippen LogP contribution in [-0.4, -0.2) is 38.0 Å². The predicted molar refractivity (Wildman–Crippen MR) is 88.3 cm³/mol. The van der Waals surface area contributed by atoms with Gasteiger partial charge in [-0.25, -0.2) is 9.50 Å². The van der Waals surface area contributed by atoms with E-state index >= 15 is 0 Å². The number of aryl methyl sites for hydroxylation is 1. The van der Waals surface area contributed by atoms with E-state index in [0.717, 1.165) is 30.7 Å². The molecule has 2 aromatic heterocycles. The molecule has 4 rings (SSSR count). The quantitative estimate of drug-likeness (QED) is 0.813. The van der Waals surface area contributed by atoms with Crippen molar-refractivity contribution in [3.05, 3.63) is 29.7 Å². The van der Waals surface area contributed by atoms with Gasteiger partial charge in [-0.3, -0.25) is 4.79 Å². The van der Waals surface area contributed by atoms with E-state index in [1.54, 1.807) is 16.8 Å². The second-order valence-electron chi connectivity index (χ2n) is 8.53. The summed E-state index contributed by atoms with van der Waals surface area (Å²) in [6, 6.07) is 4.04. The fraction of sp³-hybridized carbons (Fsp3) is 0.611. The fourth-order valence-corrected chi connectivity index (χ4v) is 5.02. The number of fused-ring (bicyclic) bond motifs is 3. The molecule has 2 unspecified atom stereocenters. The number of aromatic nitrogens is 3. The number of rotatable bonds is 1. The lowest BCUT2D eigenvalue weighted by Crippen LogP contribution is -2.38. The van der Waals surface area contributed by atoms with E-state index in [-0.39, 0.29) is 11.3 Å². The van der Waals surface area contributed by atoms with Crippen LogP contribution in [0, 0.1) is 17.8 Å². The lowest BCUT2D eigenvalue weighted by Gasteiger charge is -2.39. The standard InChI is InChI=1S/C18H24N4O/c1-12-7-15-19-6-5-14(22(15)20-12)16(23)21-11-18(4)9-13(21)8-17(2,3)10-18/h5-7,13H,8-11H2,1-4H3. The number of likely N-dealkylation sites (tertiary alicyclic amines) is 1. The zero-order valence-corrected chi connectivity index (χ0v) is 14.3. The minimum atomic E-state index is 0.0897. The number of hydrogen-bond donors (Lipinski definition) is 0. The molecule has 0 radical (unpaired) electrons. The average molecular weight is 312 g/mol. The van der Waals surface area contributed by atoms with Crippen molar-refractivity contribution in [3.8, 4) is 0 Å². The monoisotopic (exact) mass is 312 g/mol. The van der Waals surface area contributed by atoms with Crippen molar-refractivity contribution >= 4 is 11.6 Å². The molecule has 0 aromatic carbocycles. The number of carbonyl (C=O) groups is 1.